The lowest BCUT2D eigenvalue weighted by Crippen LogP contribution is -2.20. The second kappa shape index (κ2) is 4.98. The number of nitrogen functional groups attached to an aromatic ring is 1. The van der Waals surface area contributed by atoms with Gasteiger partial charge in [0.25, 0.3) is 5.88 Å². The van der Waals surface area contributed by atoms with Crippen LogP contribution in [-0.2, 0) is 4.74 Å². The van der Waals surface area contributed by atoms with E-state index in [-0.39, 0.29) is 6.10 Å². The molecule has 7 nitrogen and oxygen atoms in total. The van der Waals surface area contributed by atoms with Gasteiger partial charge in [-0.15, -0.1) is 0 Å². The first-order chi connectivity index (χ1) is 8.24. The van der Waals surface area contributed by atoms with Crippen LogP contribution in [0, 0.1) is 0 Å². The number of methoxy groups -OCH3 is 1. The summed E-state index contributed by atoms with van der Waals surface area (Å²) in [6.45, 7) is 2.38. The zero-order valence-electron chi connectivity index (χ0n) is 9.75. The van der Waals surface area contributed by atoms with Crippen LogP contribution in [0.3, 0.4) is 0 Å². The smallest absolute Gasteiger partial charge is 0.260 e. The van der Waals surface area contributed by atoms with Crippen molar-refractivity contribution in [1.29, 1.82) is 0 Å². The van der Waals surface area contributed by atoms with Crippen molar-refractivity contribution in [2.24, 2.45) is 5.84 Å². The number of rotatable bonds is 5. The molecule has 17 heavy (non-hydrogen) atoms. The minimum absolute atomic E-state index is 0.110. The Morgan fingerprint density at radius 2 is 2.41 bits per heavy atom. The van der Waals surface area contributed by atoms with Crippen molar-refractivity contribution in [3.05, 3.63) is 18.6 Å². The van der Waals surface area contributed by atoms with E-state index in [0.29, 0.717) is 24.0 Å². The van der Waals surface area contributed by atoms with Gasteiger partial charge in [0.15, 0.2) is 5.82 Å². The molecule has 0 aliphatic rings. The van der Waals surface area contributed by atoms with Crippen molar-refractivity contribution in [3.8, 4) is 5.88 Å². The summed E-state index contributed by atoms with van der Waals surface area (Å²) in [4.78, 5) is 8.39. The van der Waals surface area contributed by atoms with Gasteiger partial charge in [0.1, 0.15) is 6.10 Å². The molecule has 3 N–H and O–H groups in total. The first kappa shape index (κ1) is 11.6. The molecule has 1 atom stereocenters. The molecule has 0 amide bonds. The van der Waals surface area contributed by atoms with E-state index in [4.69, 9.17) is 15.3 Å². The molecule has 1 unspecified atom stereocenters. The van der Waals surface area contributed by atoms with Crippen molar-refractivity contribution < 1.29 is 9.47 Å². The predicted molar refractivity (Wildman–Crippen MR) is 62.8 cm³/mol. The zero-order chi connectivity index (χ0) is 12.3. The van der Waals surface area contributed by atoms with Gasteiger partial charge in [-0.3, -0.25) is 4.40 Å². The van der Waals surface area contributed by atoms with Crippen LogP contribution in [-0.4, -0.2) is 34.2 Å². The summed E-state index contributed by atoms with van der Waals surface area (Å²) in [5.41, 5.74) is 3.13. The van der Waals surface area contributed by atoms with Gasteiger partial charge in [-0.2, -0.15) is 4.98 Å². The molecule has 0 fully saturated rings. The molecule has 92 valence electrons. The highest BCUT2D eigenvalue weighted by Crippen LogP contribution is 2.19. The number of fused-ring (bicyclic) bond motifs is 1. The maximum atomic E-state index is 5.65. The lowest BCUT2D eigenvalue weighted by Gasteiger charge is -2.14. The summed E-state index contributed by atoms with van der Waals surface area (Å²) in [5, 5.41) is 0. The number of anilines is 1. The number of ether oxygens (including phenoxy) is 2. The molecular weight excluding hydrogens is 222 g/mol. The SMILES string of the molecule is COCC(C)Oc1nc(NN)cn2ccnc12. The Morgan fingerprint density at radius 3 is 3.12 bits per heavy atom. The molecule has 0 aliphatic heterocycles. The second-order valence-corrected chi connectivity index (χ2v) is 3.62. The van der Waals surface area contributed by atoms with Crippen LogP contribution in [0.1, 0.15) is 6.92 Å². The number of nitrogens with two attached hydrogens (primary N) is 1. The van der Waals surface area contributed by atoms with Crippen molar-refractivity contribution in [2.75, 3.05) is 19.1 Å². The number of nitrogens with zero attached hydrogens (tertiary/aromatic N) is 3. The zero-order valence-corrected chi connectivity index (χ0v) is 9.75. The number of hydrogen-bond donors (Lipinski definition) is 2. The molecule has 0 saturated heterocycles. The number of hydrogen-bond acceptors (Lipinski definition) is 6. The van der Waals surface area contributed by atoms with E-state index >= 15 is 0 Å². The fourth-order valence-corrected chi connectivity index (χ4v) is 1.51. The van der Waals surface area contributed by atoms with Gasteiger partial charge in [0, 0.05) is 19.5 Å². The van der Waals surface area contributed by atoms with Crippen molar-refractivity contribution in [1.82, 2.24) is 14.4 Å². The van der Waals surface area contributed by atoms with Gasteiger partial charge in [0.05, 0.1) is 12.8 Å². The van der Waals surface area contributed by atoms with Crippen LogP contribution < -0.4 is 16.0 Å². The first-order valence-electron chi connectivity index (χ1n) is 5.20. The van der Waals surface area contributed by atoms with Gasteiger partial charge >= 0.3 is 0 Å². The molecule has 0 bridgehead atoms. The molecule has 7 heteroatoms. The summed E-state index contributed by atoms with van der Waals surface area (Å²) in [7, 11) is 1.62. The Balaban J connectivity index is 2.33. The summed E-state index contributed by atoms with van der Waals surface area (Å²) < 4.78 is 12.4. The second-order valence-electron chi connectivity index (χ2n) is 3.62. The van der Waals surface area contributed by atoms with Crippen LogP contribution in [0.15, 0.2) is 18.6 Å². The highest BCUT2D eigenvalue weighted by molar-refractivity contribution is 5.53. The minimum Gasteiger partial charge on any atom is -0.470 e. The van der Waals surface area contributed by atoms with E-state index < -0.39 is 0 Å². The Labute approximate surface area is 98.5 Å². The van der Waals surface area contributed by atoms with Crippen LogP contribution in [0.2, 0.25) is 0 Å². The summed E-state index contributed by atoms with van der Waals surface area (Å²) in [6.07, 6.45) is 5.09. The quantitative estimate of drug-likeness (QED) is 0.579. The largest absolute Gasteiger partial charge is 0.470 e. The van der Waals surface area contributed by atoms with Crippen LogP contribution >= 0.6 is 0 Å². The topological polar surface area (TPSA) is 86.7 Å². The lowest BCUT2D eigenvalue weighted by molar-refractivity contribution is 0.0898. The van der Waals surface area contributed by atoms with E-state index in [2.05, 4.69) is 15.4 Å². The van der Waals surface area contributed by atoms with E-state index in [1.165, 1.54) is 0 Å². The number of hydrazine groups is 1. The predicted octanol–water partition coefficient (Wildman–Crippen LogP) is 0.429. The molecule has 0 saturated carbocycles. The molecule has 2 aromatic rings. The Bertz CT molecular complexity index is 498. The van der Waals surface area contributed by atoms with Crippen molar-refractivity contribution in [3.63, 3.8) is 0 Å². The van der Waals surface area contributed by atoms with E-state index in [0.717, 1.165) is 0 Å². The average molecular weight is 237 g/mol. The Morgan fingerprint density at radius 1 is 1.59 bits per heavy atom. The van der Waals surface area contributed by atoms with Gasteiger partial charge < -0.3 is 14.9 Å². The number of aromatic nitrogens is 3. The summed E-state index contributed by atoms with van der Waals surface area (Å²) >= 11 is 0. The highest BCUT2D eigenvalue weighted by atomic mass is 16.5. The third-order valence-corrected chi connectivity index (χ3v) is 2.21. The van der Waals surface area contributed by atoms with Gasteiger partial charge in [0.2, 0.25) is 5.65 Å². The monoisotopic (exact) mass is 237 g/mol. The minimum atomic E-state index is -0.110. The van der Waals surface area contributed by atoms with Crippen LogP contribution in [0.25, 0.3) is 5.65 Å². The Kier molecular flexibility index (Phi) is 3.40. The molecule has 0 spiro atoms. The normalized spacial score (nSPS) is 12.6. The lowest BCUT2D eigenvalue weighted by atomic mass is 10.4. The molecule has 2 aromatic heterocycles. The third-order valence-electron chi connectivity index (χ3n) is 2.21. The molecule has 0 aliphatic carbocycles. The fourth-order valence-electron chi connectivity index (χ4n) is 1.51. The first-order valence-corrected chi connectivity index (χ1v) is 5.20. The van der Waals surface area contributed by atoms with Gasteiger partial charge in [-0.05, 0) is 6.92 Å². The molecule has 0 radical (unpaired) electrons. The van der Waals surface area contributed by atoms with Gasteiger partial charge in [-0.1, -0.05) is 0 Å². The maximum Gasteiger partial charge on any atom is 0.260 e. The summed E-state index contributed by atoms with van der Waals surface area (Å²) in [6, 6.07) is 0. The van der Waals surface area contributed by atoms with Gasteiger partial charge in [-0.25, -0.2) is 10.8 Å². The van der Waals surface area contributed by atoms with Crippen LogP contribution in [0.5, 0.6) is 5.88 Å². The molecule has 2 rings (SSSR count). The number of imidazole rings is 1. The highest BCUT2D eigenvalue weighted by Gasteiger charge is 2.11. The van der Waals surface area contributed by atoms with E-state index in [1.54, 1.807) is 30.1 Å². The van der Waals surface area contributed by atoms with E-state index in [1.807, 2.05) is 6.92 Å². The Hall–Kier alpha value is -1.86. The van der Waals surface area contributed by atoms with Crippen LogP contribution in [0.4, 0.5) is 5.82 Å². The molecule has 0 aromatic carbocycles. The fraction of sp³-hybridized carbons (Fsp3) is 0.400. The van der Waals surface area contributed by atoms with Crippen molar-refractivity contribution >= 4 is 11.5 Å². The number of nitrogens with one attached hydrogen (secondary N) is 1. The molecular formula is C10H15N5O2. The standard InChI is InChI=1S/C10H15N5O2/c1-7(6-16-2)17-10-9-12-3-4-15(9)5-8(13-10)14-11/h3-5,7,14H,6,11H2,1-2H3. The average Bonchev–Trinajstić information content (AvgIpc) is 2.77. The summed E-state index contributed by atoms with van der Waals surface area (Å²) in [5.74, 6) is 6.28. The molecule has 2 heterocycles. The maximum absolute atomic E-state index is 5.65. The third kappa shape index (κ3) is 2.45. The van der Waals surface area contributed by atoms with E-state index in [9.17, 15) is 0 Å². The van der Waals surface area contributed by atoms with Crippen molar-refractivity contribution in [2.45, 2.75) is 13.0 Å².